The lowest BCUT2D eigenvalue weighted by Gasteiger charge is -2.19. The number of aliphatic hydroxyl groups is 2. The van der Waals surface area contributed by atoms with Gasteiger partial charge in [0.1, 0.15) is 0 Å². The van der Waals surface area contributed by atoms with Crippen LogP contribution in [0, 0.1) is 0 Å². The minimum Gasteiger partial charge on any atom is -0.391 e. The molecule has 0 aromatic carbocycles. The lowest BCUT2D eigenvalue weighted by molar-refractivity contribution is 0.116. The molecule has 2 saturated heterocycles. The maximum Gasteiger partial charge on any atom is 0.0834 e. The molecule has 4 atom stereocenters. The van der Waals surface area contributed by atoms with E-state index in [0.29, 0.717) is 6.54 Å². The van der Waals surface area contributed by atoms with Crippen molar-refractivity contribution in [2.45, 2.75) is 30.7 Å². The fourth-order valence-corrected chi connectivity index (χ4v) is 2.16. The monoisotopic (exact) mass is 158 g/mol. The lowest BCUT2D eigenvalue weighted by atomic mass is 10.0. The molecule has 4 unspecified atom stereocenters. The first-order valence-corrected chi connectivity index (χ1v) is 4.06. The van der Waals surface area contributed by atoms with Crippen molar-refractivity contribution in [2.24, 2.45) is 5.73 Å². The molecule has 2 aliphatic heterocycles. The third-order valence-corrected chi connectivity index (χ3v) is 2.79. The predicted molar refractivity (Wildman–Crippen MR) is 40.0 cm³/mol. The predicted octanol–water partition coefficient (Wildman–Crippen LogP) is -1.88. The molecule has 0 aromatic rings. The third kappa shape index (κ3) is 0.980. The molecule has 4 nitrogen and oxygen atoms in total. The van der Waals surface area contributed by atoms with E-state index in [1.54, 1.807) is 0 Å². The molecule has 4 heteroatoms. The van der Waals surface area contributed by atoms with E-state index in [1.165, 1.54) is 0 Å². The Labute approximate surface area is 65.6 Å². The summed E-state index contributed by atoms with van der Waals surface area (Å²) in [6.07, 6.45) is 0.0162. The van der Waals surface area contributed by atoms with E-state index in [0.717, 1.165) is 13.0 Å². The molecule has 11 heavy (non-hydrogen) atoms. The van der Waals surface area contributed by atoms with Gasteiger partial charge in [-0.05, 0) is 6.42 Å². The highest BCUT2D eigenvalue weighted by atomic mass is 16.3. The molecular formula is C7H14N2O2. The van der Waals surface area contributed by atoms with Crippen molar-refractivity contribution in [1.82, 2.24) is 4.90 Å². The van der Waals surface area contributed by atoms with Crippen molar-refractivity contribution in [3.63, 3.8) is 0 Å². The Morgan fingerprint density at radius 2 is 2.00 bits per heavy atom. The molecule has 2 aliphatic rings. The number of fused-ring (bicyclic) bond motifs is 1. The van der Waals surface area contributed by atoms with Gasteiger partial charge in [-0.15, -0.1) is 0 Å². The standard InChI is InChI=1S/C7H14N2O2/c8-6-5(11)3-9-2-1-4(10)7(6)9/h4-7,10-11H,1-3,8H2. The van der Waals surface area contributed by atoms with Crippen molar-refractivity contribution < 1.29 is 10.2 Å². The summed E-state index contributed by atoms with van der Waals surface area (Å²) in [6, 6.07) is -0.252. The molecule has 0 saturated carbocycles. The SMILES string of the molecule is NC1C(O)CN2CCC(O)C12. The van der Waals surface area contributed by atoms with Crippen LogP contribution in [0.1, 0.15) is 6.42 Å². The number of nitrogens with zero attached hydrogens (tertiary/aromatic N) is 1. The molecule has 2 fully saturated rings. The zero-order valence-electron chi connectivity index (χ0n) is 6.35. The summed E-state index contributed by atoms with van der Waals surface area (Å²) < 4.78 is 0. The molecular weight excluding hydrogens is 144 g/mol. The quantitative estimate of drug-likeness (QED) is 0.386. The topological polar surface area (TPSA) is 69.7 Å². The Morgan fingerprint density at radius 3 is 2.64 bits per heavy atom. The first-order valence-electron chi connectivity index (χ1n) is 4.06. The molecule has 0 aliphatic carbocycles. The molecule has 0 radical (unpaired) electrons. The second kappa shape index (κ2) is 2.42. The van der Waals surface area contributed by atoms with E-state index in [4.69, 9.17) is 5.73 Å². The van der Waals surface area contributed by atoms with Gasteiger partial charge in [0.05, 0.1) is 18.2 Å². The van der Waals surface area contributed by atoms with Gasteiger partial charge in [-0.3, -0.25) is 4.90 Å². The fraction of sp³-hybridized carbons (Fsp3) is 1.00. The number of rotatable bonds is 0. The van der Waals surface area contributed by atoms with Crippen LogP contribution in [0.15, 0.2) is 0 Å². The number of aliphatic hydroxyl groups excluding tert-OH is 2. The summed E-state index contributed by atoms with van der Waals surface area (Å²) in [6.45, 7) is 1.50. The van der Waals surface area contributed by atoms with Crippen LogP contribution in [0.4, 0.5) is 0 Å². The normalized spacial score (nSPS) is 51.5. The molecule has 0 bridgehead atoms. The van der Waals surface area contributed by atoms with E-state index < -0.39 is 6.10 Å². The van der Waals surface area contributed by atoms with Crippen LogP contribution in [0.5, 0.6) is 0 Å². The highest BCUT2D eigenvalue weighted by molar-refractivity contribution is 5.03. The zero-order chi connectivity index (χ0) is 8.01. The summed E-state index contributed by atoms with van der Waals surface area (Å²) in [4.78, 5) is 2.07. The molecule has 0 amide bonds. The minimum absolute atomic E-state index is 0.00463. The van der Waals surface area contributed by atoms with Crippen LogP contribution in [-0.4, -0.2) is 52.5 Å². The molecule has 2 rings (SSSR count). The van der Waals surface area contributed by atoms with Crippen LogP contribution in [0.25, 0.3) is 0 Å². The van der Waals surface area contributed by atoms with E-state index in [2.05, 4.69) is 4.90 Å². The van der Waals surface area contributed by atoms with Gasteiger partial charge < -0.3 is 15.9 Å². The maximum absolute atomic E-state index is 9.45. The Hall–Kier alpha value is -0.160. The van der Waals surface area contributed by atoms with Gasteiger partial charge in [-0.1, -0.05) is 0 Å². The summed E-state index contributed by atoms with van der Waals surface area (Å²) >= 11 is 0. The minimum atomic E-state index is -0.449. The summed E-state index contributed by atoms with van der Waals surface area (Å²) in [5, 5.41) is 18.8. The van der Waals surface area contributed by atoms with Gasteiger partial charge in [0.2, 0.25) is 0 Å². The van der Waals surface area contributed by atoms with Gasteiger partial charge in [0.25, 0.3) is 0 Å². The Kier molecular flexibility index (Phi) is 1.64. The van der Waals surface area contributed by atoms with Crippen LogP contribution < -0.4 is 5.73 Å². The van der Waals surface area contributed by atoms with E-state index in [-0.39, 0.29) is 18.2 Å². The molecule has 0 aromatic heterocycles. The van der Waals surface area contributed by atoms with Crippen molar-refractivity contribution in [1.29, 1.82) is 0 Å². The van der Waals surface area contributed by atoms with Gasteiger partial charge in [0.15, 0.2) is 0 Å². The average molecular weight is 158 g/mol. The van der Waals surface area contributed by atoms with Gasteiger partial charge in [0, 0.05) is 19.1 Å². The second-order valence-corrected chi connectivity index (χ2v) is 3.49. The number of nitrogens with two attached hydrogens (primary N) is 1. The Bertz CT molecular complexity index is 163. The number of hydrogen-bond acceptors (Lipinski definition) is 4. The first-order chi connectivity index (χ1) is 5.20. The highest BCUT2D eigenvalue weighted by Gasteiger charge is 2.45. The van der Waals surface area contributed by atoms with Crippen LogP contribution in [-0.2, 0) is 0 Å². The average Bonchev–Trinajstić information content (AvgIpc) is 2.41. The van der Waals surface area contributed by atoms with Gasteiger partial charge in [-0.25, -0.2) is 0 Å². The van der Waals surface area contributed by atoms with Crippen molar-refractivity contribution >= 4 is 0 Å². The van der Waals surface area contributed by atoms with Crippen molar-refractivity contribution in [2.75, 3.05) is 13.1 Å². The summed E-state index contributed by atoms with van der Waals surface area (Å²) in [5.41, 5.74) is 5.70. The van der Waals surface area contributed by atoms with E-state index >= 15 is 0 Å². The molecule has 64 valence electrons. The van der Waals surface area contributed by atoms with Gasteiger partial charge >= 0.3 is 0 Å². The first kappa shape index (κ1) is 7.49. The fourth-order valence-electron chi connectivity index (χ4n) is 2.16. The summed E-state index contributed by atoms with van der Waals surface area (Å²) in [7, 11) is 0. The summed E-state index contributed by atoms with van der Waals surface area (Å²) in [5.74, 6) is 0. The maximum atomic E-state index is 9.45. The van der Waals surface area contributed by atoms with Crippen LogP contribution in [0.2, 0.25) is 0 Å². The Balaban J connectivity index is 2.13. The molecule has 0 spiro atoms. The Morgan fingerprint density at radius 1 is 1.27 bits per heavy atom. The molecule has 2 heterocycles. The van der Waals surface area contributed by atoms with Crippen molar-refractivity contribution in [3.8, 4) is 0 Å². The zero-order valence-corrected chi connectivity index (χ0v) is 6.35. The van der Waals surface area contributed by atoms with Crippen LogP contribution >= 0.6 is 0 Å². The van der Waals surface area contributed by atoms with Crippen molar-refractivity contribution in [3.05, 3.63) is 0 Å². The third-order valence-electron chi connectivity index (χ3n) is 2.79. The lowest BCUT2D eigenvalue weighted by Crippen LogP contribution is -2.45. The van der Waals surface area contributed by atoms with Gasteiger partial charge in [-0.2, -0.15) is 0 Å². The van der Waals surface area contributed by atoms with E-state index in [1.807, 2.05) is 0 Å². The van der Waals surface area contributed by atoms with E-state index in [9.17, 15) is 10.2 Å². The largest absolute Gasteiger partial charge is 0.391 e. The smallest absolute Gasteiger partial charge is 0.0834 e. The van der Waals surface area contributed by atoms with Crippen LogP contribution in [0.3, 0.4) is 0 Å². The molecule has 4 N–H and O–H groups in total. The number of hydrogen-bond donors (Lipinski definition) is 3. The highest BCUT2D eigenvalue weighted by Crippen LogP contribution is 2.27. The second-order valence-electron chi connectivity index (χ2n) is 3.49.